The maximum Gasteiger partial charge on any atom is 0.317 e. The van der Waals surface area contributed by atoms with Crippen LogP contribution in [0.25, 0.3) is 0 Å². The summed E-state index contributed by atoms with van der Waals surface area (Å²) in [6.45, 7) is 1.67. The number of nitrogens with one attached hydrogen (secondary N) is 1. The number of piperidine rings is 1. The second kappa shape index (κ2) is 5.77. The number of amides is 2. The molecule has 1 saturated carbocycles. The minimum absolute atomic E-state index is 0.177. The molecule has 6 nitrogen and oxygen atoms in total. The summed E-state index contributed by atoms with van der Waals surface area (Å²) in [6, 6.07) is -0.177. The third kappa shape index (κ3) is 3.00. The van der Waals surface area contributed by atoms with Crippen molar-refractivity contribution in [2.24, 2.45) is 11.3 Å². The maximum atomic E-state index is 12.0. The number of carbonyl (C=O) groups is 2. The van der Waals surface area contributed by atoms with Crippen LogP contribution in [-0.2, 0) is 4.79 Å². The molecule has 0 unspecified atom stereocenters. The average molecular weight is 270 g/mol. The van der Waals surface area contributed by atoms with E-state index < -0.39 is 11.4 Å². The zero-order chi connectivity index (χ0) is 13.9. The number of carboxylic acids is 1. The summed E-state index contributed by atoms with van der Waals surface area (Å²) < 4.78 is 0. The Hall–Kier alpha value is -1.30. The molecule has 0 radical (unpaired) electrons. The summed E-state index contributed by atoms with van der Waals surface area (Å²) in [4.78, 5) is 24.9. The SMILES string of the molecule is O=C(NCC1(C(=O)O)CCC1)N1CCC(CO)CC1. The second-order valence-corrected chi connectivity index (χ2v) is 5.71. The van der Waals surface area contributed by atoms with Gasteiger partial charge in [-0.2, -0.15) is 0 Å². The summed E-state index contributed by atoms with van der Waals surface area (Å²) in [5.41, 5.74) is -0.737. The summed E-state index contributed by atoms with van der Waals surface area (Å²) in [5, 5.41) is 21.0. The van der Waals surface area contributed by atoms with Crippen LogP contribution in [0, 0.1) is 11.3 Å². The number of aliphatic hydroxyl groups excluding tert-OH is 1. The van der Waals surface area contributed by atoms with E-state index in [0.29, 0.717) is 31.8 Å². The number of hydrogen-bond acceptors (Lipinski definition) is 3. The van der Waals surface area contributed by atoms with Gasteiger partial charge in [0, 0.05) is 26.2 Å². The third-order valence-corrected chi connectivity index (χ3v) is 4.50. The molecule has 2 fully saturated rings. The maximum absolute atomic E-state index is 12.0. The zero-order valence-corrected chi connectivity index (χ0v) is 11.1. The van der Waals surface area contributed by atoms with Crippen molar-refractivity contribution in [1.29, 1.82) is 0 Å². The molecular formula is C13H22N2O4. The minimum Gasteiger partial charge on any atom is -0.481 e. The van der Waals surface area contributed by atoms with Gasteiger partial charge < -0.3 is 20.4 Å². The van der Waals surface area contributed by atoms with Gasteiger partial charge in [0.25, 0.3) is 0 Å². The van der Waals surface area contributed by atoms with E-state index in [1.165, 1.54) is 0 Å². The van der Waals surface area contributed by atoms with Crippen LogP contribution >= 0.6 is 0 Å². The van der Waals surface area contributed by atoms with Gasteiger partial charge >= 0.3 is 12.0 Å². The van der Waals surface area contributed by atoms with Crippen LogP contribution in [0.5, 0.6) is 0 Å². The van der Waals surface area contributed by atoms with Gasteiger partial charge in [-0.3, -0.25) is 4.79 Å². The molecule has 19 heavy (non-hydrogen) atoms. The van der Waals surface area contributed by atoms with Gasteiger partial charge in [0.1, 0.15) is 0 Å². The lowest BCUT2D eigenvalue weighted by Gasteiger charge is -2.38. The number of nitrogens with zero attached hydrogens (tertiary/aromatic N) is 1. The van der Waals surface area contributed by atoms with Crippen LogP contribution < -0.4 is 5.32 Å². The number of carboxylic acid groups (broad SMARTS) is 1. The van der Waals surface area contributed by atoms with Crippen molar-refractivity contribution in [3.63, 3.8) is 0 Å². The lowest BCUT2D eigenvalue weighted by molar-refractivity contribution is -0.153. The van der Waals surface area contributed by atoms with E-state index in [1.54, 1.807) is 4.90 Å². The highest BCUT2D eigenvalue weighted by Crippen LogP contribution is 2.40. The Labute approximate surface area is 112 Å². The predicted molar refractivity (Wildman–Crippen MR) is 68.7 cm³/mol. The molecule has 0 aromatic heterocycles. The third-order valence-electron chi connectivity index (χ3n) is 4.50. The van der Waals surface area contributed by atoms with Crippen LogP contribution in [0.3, 0.4) is 0 Å². The highest BCUT2D eigenvalue weighted by molar-refractivity contribution is 5.79. The molecule has 0 spiro atoms. The predicted octanol–water partition coefficient (Wildman–Crippen LogP) is 0.655. The standard InChI is InChI=1S/C13H22N2O4/c16-8-10-2-6-15(7-3-10)12(19)14-9-13(11(17)18)4-1-5-13/h10,16H,1-9H2,(H,14,19)(H,17,18). The van der Waals surface area contributed by atoms with E-state index in [9.17, 15) is 14.7 Å². The monoisotopic (exact) mass is 270 g/mol. The van der Waals surface area contributed by atoms with Crippen molar-refractivity contribution >= 4 is 12.0 Å². The zero-order valence-electron chi connectivity index (χ0n) is 11.1. The van der Waals surface area contributed by atoms with Gasteiger partial charge in [0.15, 0.2) is 0 Å². The molecule has 6 heteroatoms. The van der Waals surface area contributed by atoms with Gasteiger partial charge in [-0.05, 0) is 31.6 Å². The van der Waals surface area contributed by atoms with E-state index in [-0.39, 0.29) is 19.2 Å². The molecular weight excluding hydrogens is 248 g/mol. The Kier molecular flexibility index (Phi) is 4.29. The molecule has 0 aromatic rings. The van der Waals surface area contributed by atoms with Crippen molar-refractivity contribution in [3.05, 3.63) is 0 Å². The number of hydrogen-bond donors (Lipinski definition) is 3. The molecule has 1 saturated heterocycles. The van der Waals surface area contributed by atoms with Crippen LogP contribution in [0.4, 0.5) is 4.79 Å². The first kappa shape index (κ1) is 14.1. The number of urea groups is 1. The van der Waals surface area contributed by atoms with Crippen LogP contribution in [0.15, 0.2) is 0 Å². The summed E-state index contributed by atoms with van der Waals surface area (Å²) >= 11 is 0. The Balaban J connectivity index is 1.77. The summed E-state index contributed by atoms with van der Waals surface area (Å²) in [7, 11) is 0. The molecule has 2 amide bonds. The normalized spacial score (nSPS) is 22.7. The second-order valence-electron chi connectivity index (χ2n) is 5.71. The fraction of sp³-hybridized carbons (Fsp3) is 0.846. The molecule has 1 aliphatic carbocycles. The van der Waals surface area contributed by atoms with E-state index >= 15 is 0 Å². The van der Waals surface area contributed by atoms with Gasteiger partial charge in [0.2, 0.25) is 0 Å². The van der Waals surface area contributed by atoms with Gasteiger partial charge in [-0.1, -0.05) is 6.42 Å². The molecule has 2 rings (SSSR count). The smallest absolute Gasteiger partial charge is 0.317 e. The summed E-state index contributed by atoms with van der Waals surface area (Å²) in [5.74, 6) is -0.515. The van der Waals surface area contributed by atoms with Crippen molar-refractivity contribution < 1.29 is 19.8 Å². The average Bonchev–Trinajstić information content (AvgIpc) is 2.37. The number of rotatable bonds is 4. The molecule has 3 N–H and O–H groups in total. The van der Waals surface area contributed by atoms with Gasteiger partial charge in [-0.15, -0.1) is 0 Å². The molecule has 1 heterocycles. The highest BCUT2D eigenvalue weighted by atomic mass is 16.4. The lowest BCUT2D eigenvalue weighted by atomic mass is 9.69. The number of carbonyl (C=O) groups excluding carboxylic acids is 1. The Morgan fingerprint density at radius 2 is 1.89 bits per heavy atom. The number of aliphatic carboxylic acids is 1. The summed E-state index contributed by atoms with van der Waals surface area (Å²) in [6.07, 6.45) is 3.84. The Bertz CT molecular complexity index is 347. The van der Waals surface area contributed by atoms with Crippen molar-refractivity contribution in [1.82, 2.24) is 10.2 Å². The Morgan fingerprint density at radius 1 is 1.26 bits per heavy atom. The molecule has 0 atom stereocenters. The largest absolute Gasteiger partial charge is 0.481 e. The van der Waals surface area contributed by atoms with E-state index in [4.69, 9.17) is 5.11 Å². The van der Waals surface area contributed by atoms with Gasteiger partial charge in [0.05, 0.1) is 5.41 Å². The molecule has 108 valence electrons. The number of likely N-dealkylation sites (tertiary alicyclic amines) is 1. The highest BCUT2D eigenvalue weighted by Gasteiger charge is 2.44. The lowest BCUT2D eigenvalue weighted by Crippen LogP contribution is -2.52. The first-order valence-electron chi connectivity index (χ1n) is 6.94. The molecule has 1 aliphatic heterocycles. The van der Waals surface area contributed by atoms with Gasteiger partial charge in [-0.25, -0.2) is 4.79 Å². The first-order valence-corrected chi connectivity index (χ1v) is 6.94. The molecule has 2 aliphatic rings. The van der Waals surface area contributed by atoms with E-state index in [0.717, 1.165) is 19.3 Å². The van der Waals surface area contributed by atoms with Crippen LogP contribution in [0.1, 0.15) is 32.1 Å². The molecule has 0 aromatic carbocycles. The fourth-order valence-corrected chi connectivity index (χ4v) is 2.75. The van der Waals surface area contributed by atoms with Crippen molar-refractivity contribution in [2.75, 3.05) is 26.2 Å². The van der Waals surface area contributed by atoms with Crippen LogP contribution in [-0.4, -0.2) is 53.4 Å². The van der Waals surface area contributed by atoms with E-state index in [1.807, 2.05) is 0 Å². The fourth-order valence-electron chi connectivity index (χ4n) is 2.75. The van der Waals surface area contributed by atoms with Crippen molar-refractivity contribution in [3.8, 4) is 0 Å². The topological polar surface area (TPSA) is 89.9 Å². The number of aliphatic hydroxyl groups is 1. The van der Waals surface area contributed by atoms with Crippen LogP contribution in [0.2, 0.25) is 0 Å². The molecule has 0 bridgehead atoms. The first-order chi connectivity index (χ1) is 9.07. The van der Waals surface area contributed by atoms with Crippen molar-refractivity contribution in [2.45, 2.75) is 32.1 Å². The quantitative estimate of drug-likeness (QED) is 0.700. The minimum atomic E-state index is -0.807. The van der Waals surface area contributed by atoms with E-state index in [2.05, 4.69) is 5.32 Å². The Morgan fingerprint density at radius 3 is 2.32 bits per heavy atom.